The summed E-state index contributed by atoms with van der Waals surface area (Å²) < 4.78 is 0. The van der Waals surface area contributed by atoms with Crippen LogP contribution >= 0.6 is 0 Å². The first-order valence-corrected chi connectivity index (χ1v) is 7.03. The molecule has 0 aliphatic rings. The SMILES string of the molecule is CC(NC(=O)NCC(C)(O)C(C)C)c1ccc(C#N)cc1. The Morgan fingerprint density at radius 1 is 1.33 bits per heavy atom. The lowest BCUT2D eigenvalue weighted by Crippen LogP contribution is -2.47. The molecule has 1 rings (SSSR count). The van der Waals surface area contributed by atoms with Crippen molar-refractivity contribution in [2.45, 2.75) is 39.3 Å². The van der Waals surface area contributed by atoms with Crippen LogP contribution in [0.25, 0.3) is 0 Å². The summed E-state index contributed by atoms with van der Waals surface area (Å²) >= 11 is 0. The minimum Gasteiger partial charge on any atom is -0.388 e. The molecular formula is C16H23N3O2. The number of carbonyl (C=O) groups excluding carboxylic acids is 1. The van der Waals surface area contributed by atoms with Gasteiger partial charge in [0.2, 0.25) is 0 Å². The van der Waals surface area contributed by atoms with Crippen molar-refractivity contribution in [1.29, 1.82) is 5.26 Å². The molecule has 21 heavy (non-hydrogen) atoms. The Labute approximate surface area is 126 Å². The molecule has 0 spiro atoms. The summed E-state index contributed by atoms with van der Waals surface area (Å²) in [4.78, 5) is 11.8. The van der Waals surface area contributed by atoms with E-state index in [2.05, 4.69) is 16.7 Å². The Bertz CT molecular complexity index is 515. The van der Waals surface area contributed by atoms with Gasteiger partial charge in [-0.15, -0.1) is 0 Å². The summed E-state index contributed by atoms with van der Waals surface area (Å²) in [5.74, 6) is 0.0498. The maximum Gasteiger partial charge on any atom is 0.315 e. The number of rotatable bonds is 5. The fraction of sp³-hybridized carbons (Fsp3) is 0.500. The molecule has 0 fully saturated rings. The van der Waals surface area contributed by atoms with Crippen molar-refractivity contribution in [1.82, 2.24) is 10.6 Å². The quantitative estimate of drug-likeness (QED) is 0.777. The van der Waals surface area contributed by atoms with E-state index in [4.69, 9.17) is 5.26 Å². The van der Waals surface area contributed by atoms with Gasteiger partial charge in [-0.3, -0.25) is 0 Å². The number of urea groups is 1. The molecule has 1 aromatic rings. The summed E-state index contributed by atoms with van der Waals surface area (Å²) in [5.41, 5.74) is 0.567. The van der Waals surface area contributed by atoms with Crippen molar-refractivity contribution >= 4 is 6.03 Å². The highest BCUT2D eigenvalue weighted by Gasteiger charge is 2.25. The van der Waals surface area contributed by atoms with Gasteiger partial charge in [0, 0.05) is 6.54 Å². The maximum atomic E-state index is 11.8. The molecule has 3 N–H and O–H groups in total. The number of nitrogens with one attached hydrogen (secondary N) is 2. The molecule has 1 aromatic carbocycles. The van der Waals surface area contributed by atoms with Gasteiger partial charge in [-0.05, 0) is 37.5 Å². The van der Waals surface area contributed by atoms with Crippen LogP contribution in [-0.2, 0) is 0 Å². The van der Waals surface area contributed by atoms with Gasteiger partial charge in [0.15, 0.2) is 0 Å². The molecule has 0 aromatic heterocycles. The summed E-state index contributed by atoms with van der Waals surface area (Å²) in [6, 6.07) is 8.61. The molecule has 0 bridgehead atoms. The van der Waals surface area contributed by atoms with Crippen LogP contribution in [0.1, 0.15) is 44.9 Å². The molecule has 5 nitrogen and oxygen atoms in total. The third-order valence-electron chi connectivity index (χ3n) is 3.74. The van der Waals surface area contributed by atoms with Crippen LogP contribution in [0.2, 0.25) is 0 Å². The van der Waals surface area contributed by atoms with E-state index in [-0.39, 0.29) is 24.5 Å². The number of nitrogens with zero attached hydrogens (tertiary/aromatic N) is 1. The predicted molar refractivity (Wildman–Crippen MR) is 81.6 cm³/mol. The van der Waals surface area contributed by atoms with Crippen molar-refractivity contribution in [3.8, 4) is 6.07 Å². The van der Waals surface area contributed by atoms with Crippen LogP contribution in [0.3, 0.4) is 0 Å². The van der Waals surface area contributed by atoms with Gasteiger partial charge >= 0.3 is 6.03 Å². The number of benzene rings is 1. The minimum atomic E-state index is -0.935. The fourth-order valence-electron chi connectivity index (χ4n) is 1.64. The summed E-state index contributed by atoms with van der Waals surface area (Å²) in [7, 11) is 0. The third kappa shape index (κ3) is 5.09. The van der Waals surface area contributed by atoms with Crippen molar-refractivity contribution in [2.24, 2.45) is 5.92 Å². The van der Waals surface area contributed by atoms with E-state index < -0.39 is 5.60 Å². The average Bonchev–Trinajstić information content (AvgIpc) is 2.45. The number of carbonyl (C=O) groups is 1. The number of hydrogen-bond acceptors (Lipinski definition) is 3. The third-order valence-corrected chi connectivity index (χ3v) is 3.74. The number of nitriles is 1. The van der Waals surface area contributed by atoms with Crippen molar-refractivity contribution in [3.63, 3.8) is 0 Å². The number of amides is 2. The summed E-state index contributed by atoms with van der Waals surface area (Å²) in [5, 5.41) is 24.3. The Balaban J connectivity index is 2.52. The van der Waals surface area contributed by atoms with Crippen LogP contribution in [0.5, 0.6) is 0 Å². The van der Waals surface area contributed by atoms with Gasteiger partial charge in [-0.2, -0.15) is 5.26 Å². The maximum absolute atomic E-state index is 11.8. The smallest absolute Gasteiger partial charge is 0.315 e. The monoisotopic (exact) mass is 289 g/mol. The first-order chi connectivity index (χ1) is 9.76. The van der Waals surface area contributed by atoms with E-state index in [1.54, 1.807) is 19.1 Å². The van der Waals surface area contributed by atoms with Gasteiger partial charge in [0.1, 0.15) is 0 Å². The van der Waals surface area contributed by atoms with Crippen LogP contribution < -0.4 is 10.6 Å². The second-order valence-corrected chi connectivity index (χ2v) is 5.79. The van der Waals surface area contributed by atoms with Gasteiger partial charge in [-0.25, -0.2) is 4.79 Å². The molecule has 5 heteroatoms. The first-order valence-electron chi connectivity index (χ1n) is 7.03. The van der Waals surface area contributed by atoms with Crippen LogP contribution in [0.4, 0.5) is 4.79 Å². The Hall–Kier alpha value is -2.06. The van der Waals surface area contributed by atoms with Crippen LogP contribution in [-0.4, -0.2) is 23.3 Å². The molecule has 0 saturated carbocycles. The second kappa shape index (κ2) is 7.09. The fourth-order valence-corrected chi connectivity index (χ4v) is 1.64. The molecule has 0 radical (unpaired) electrons. The predicted octanol–water partition coefficient (Wildman–Crippen LogP) is 2.33. The van der Waals surface area contributed by atoms with Crippen molar-refractivity contribution in [3.05, 3.63) is 35.4 Å². The molecule has 2 atom stereocenters. The molecule has 0 aliphatic heterocycles. The molecule has 0 saturated heterocycles. The molecule has 2 amide bonds. The highest BCUT2D eigenvalue weighted by atomic mass is 16.3. The van der Waals surface area contributed by atoms with Crippen LogP contribution in [0.15, 0.2) is 24.3 Å². The lowest BCUT2D eigenvalue weighted by Gasteiger charge is -2.28. The highest BCUT2D eigenvalue weighted by Crippen LogP contribution is 2.15. The molecule has 2 unspecified atom stereocenters. The normalized spacial score (nSPS) is 14.9. The minimum absolute atomic E-state index is 0.0498. The zero-order valence-electron chi connectivity index (χ0n) is 13.0. The lowest BCUT2D eigenvalue weighted by atomic mass is 9.93. The Morgan fingerprint density at radius 2 is 1.90 bits per heavy atom. The second-order valence-electron chi connectivity index (χ2n) is 5.79. The number of hydrogen-bond donors (Lipinski definition) is 3. The standard InChI is InChI=1S/C16H23N3O2/c1-11(2)16(4,21)10-18-15(20)19-12(3)14-7-5-13(9-17)6-8-14/h5-8,11-12,21H,10H2,1-4H3,(H2,18,19,20). The van der Waals surface area contributed by atoms with E-state index in [9.17, 15) is 9.90 Å². The average molecular weight is 289 g/mol. The van der Waals surface area contributed by atoms with E-state index >= 15 is 0 Å². The Morgan fingerprint density at radius 3 is 2.38 bits per heavy atom. The molecular weight excluding hydrogens is 266 g/mol. The van der Waals surface area contributed by atoms with Gasteiger partial charge < -0.3 is 15.7 Å². The summed E-state index contributed by atoms with van der Waals surface area (Å²) in [6.45, 7) is 7.55. The van der Waals surface area contributed by atoms with E-state index in [0.717, 1.165) is 5.56 Å². The zero-order valence-corrected chi connectivity index (χ0v) is 13.0. The van der Waals surface area contributed by atoms with E-state index in [0.29, 0.717) is 5.56 Å². The van der Waals surface area contributed by atoms with Gasteiger partial charge in [0.05, 0.1) is 23.3 Å². The topological polar surface area (TPSA) is 85.2 Å². The van der Waals surface area contributed by atoms with Crippen molar-refractivity contribution < 1.29 is 9.90 Å². The lowest BCUT2D eigenvalue weighted by molar-refractivity contribution is 0.0165. The van der Waals surface area contributed by atoms with E-state index in [1.807, 2.05) is 32.9 Å². The molecule has 114 valence electrons. The largest absolute Gasteiger partial charge is 0.388 e. The molecule has 0 aliphatic carbocycles. The zero-order chi connectivity index (χ0) is 16.0. The van der Waals surface area contributed by atoms with Gasteiger partial charge in [-0.1, -0.05) is 26.0 Å². The number of aliphatic hydroxyl groups is 1. The Kier molecular flexibility index (Phi) is 5.74. The highest BCUT2D eigenvalue weighted by molar-refractivity contribution is 5.74. The molecule has 0 heterocycles. The van der Waals surface area contributed by atoms with Gasteiger partial charge in [0.25, 0.3) is 0 Å². The summed E-state index contributed by atoms with van der Waals surface area (Å²) in [6.07, 6.45) is 0. The van der Waals surface area contributed by atoms with E-state index in [1.165, 1.54) is 0 Å². The van der Waals surface area contributed by atoms with Crippen molar-refractivity contribution in [2.75, 3.05) is 6.54 Å². The van der Waals surface area contributed by atoms with Crippen LogP contribution in [0, 0.1) is 17.2 Å². The first kappa shape index (κ1) is 17.0.